The van der Waals surface area contributed by atoms with Gasteiger partial charge in [0.05, 0.1) is 18.2 Å². The maximum Gasteiger partial charge on any atom is 0.451 e. The first kappa shape index (κ1) is 24.6. The highest BCUT2D eigenvalue weighted by atomic mass is 35.5. The summed E-state index contributed by atoms with van der Waals surface area (Å²) in [6, 6.07) is 3.73. The number of nitrogens with zero attached hydrogens (tertiary/aromatic N) is 2. The van der Waals surface area contributed by atoms with Crippen LogP contribution in [0.3, 0.4) is 0 Å². The van der Waals surface area contributed by atoms with Crippen LogP contribution in [0.25, 0.3) is 0 Å². The third-order valence-corrected chi connectivity index (χ3v) is 4.51. The fraction of sp³-hybridized carbons (Fsp3) is 0.368. The maximum atomic E-state index is 13.4. The Morgan fingerprint density at radius 1 is 1.18 bits per heavy atom. The lowest BCUT2D eigenvalue weighted by atomic mass is 10.3. The first-order valence-corrected chi connectivity index (χ1v) is 9.76. The Morgan fingerprint density at radius 3 is 2.52 bits per heavy atom. The van der Waals surface area contributed by atoms with E-state index < -0.39 is 48.6 Å². The van der Waals surface area contributed by atoms with Crippen molar-refractivity contribution in [3.8, 4) is 5.75 Å². The number of aromatic nitrogens is 2. The number of alkyl halides is 3. The summed E-state index contributed by atoms with van der Waals surface area (Å²) >= 11 is 5.57. The van der Waals surface area contributed by atoms with Crippen molar-refractivity contribution in [2.24, 2.45) is 0 Å². The molecule has 0 unspecified atom stereocenters. The molecule has 1 aliphatic rings. The van der Waals surface area contributed by atoms with Crippen LogP contribution >= 0.6 is 11.6 Å². The molecule has 1 fully saturated rings. The topological polar surface area (TPSA) is 112 Å². The Hall–Kier alpha value is -3.03. The van der Waals surface area contributed by atoms with Gasteiger partial charge in [-0.15, -0.1) is 0 Å². The van der Waals surface area contributed by atoms with Crippen molar-refractivity contribution >= 4 is 23.4 Å². The minimum absolute atomic E-state index is 0.0779. The molecular weight excluding hydrogens is 476 g/mol. The molecule has 1 aromatic heterocycles. The number of nitrogens with one attached hydrogen (secondary N) is 2. The molecule has 178 valence electrons. The predicted octanol–water partition coefficient (Wildman–Crippen LogP) is 1.84. The van der Waals surface area contributed by atoms with E-state index in [4.69, 9.17) is 25.8 Å². The van der Waals surface area contributed by atoms with Gasteiger partial charge in [0.1, 0.15) is 11.6 Å². The van der Waals surface area contributed by atoms with Crippen LogP contribution in [0, 0.1) is 5.82 Å². The van der Waals surface area contributed by atoms with Crippen molar-refractivity contribution in [2.45, 2.75) is 25.1 Å². The molecule has 1 saturated heterocycles. The van der Waals surface area contributed by atoms with E-state index >= 15 is 0 Å². The van der Waals surface area contributed by atoms with E-state index in [0.717, 1.165) is 18.5 Å². The molecule has 1 aromatic carbocycles. The number of rotatable bonds is 7. The lowest BCUT2D eigenvalue weighted by Crippen LogP contribution is -2.51. The largest absolute Gasteiger partial charge is 0.484 e. The molecule has 0 spiro atoms. The zero-order chi connectivity index (χ0) is 24.0. The fourth-order valence-electron chi connectivity index (χ4n) is 2.57. The zero-order valence-electron chi connectivity index (χ0n) is 16.7. The smallest absolute Gasteiger partial charge is 0.451 e. The van der Waals surface area contributed by atoms with E-state index in [1.807, 2.05) is 0 Å². The number of benzene rings is 1. The summed E-state index contributed by atoms with van der Waals surface area (Å²) in [4.78, 5) is 30.5. The molecule has 1 aliphatic heterocycles. The Balaban J connectivity index is 1.36. The molecule has 0 bridgehead atoms. The van der Waals surface area contributed by atoms with Crippen LogP contribution in [0.4, 0.5) is 17.6 Å². The van der Waals surface area contributed by atoms with Crippen molar-refractivity contribution in [1.29, 1.82) is 0 Å². The second kappa shape index (κ2) is 10.7. The Morgan fingerprint density at radius 2 is 1.91 bits per heavy atom. The van der Waals surface area contributed by atoms with E-state index in [1.54, 1.807) is 0 Å². The molecule has 2 heterocycles. The average Bonchev–Trinajstić information content (AvgIpc) is 2.78. The standard InChI is InChI=1S/C19H17ClF4N4O5/c20-12-2-1-11(3-13(12)21)31-8-15(29)28-16-9-32-14(7-33-16)17(30)25-4-10-5-26-18(27-6-10)19(22,23)24/h1-3,5-6,14,16H,4,7-9H2,(H,25,30)(H,28,29)/t14-,16+/m0/s1. The van der Waals surface area contributed by atoms with E-state index in [-0.39, 0.29) is 36.1 Å². The molecule has 0 radical (unpaired) electrons. The van der Waals surface area contributed by atoms with E-state index in [1.165, 1.54) is 12.1 Å². The highest BCUT2D eigenvalue weighted by molar-refractivity contribution is 6.30. The second-order valence-electron chi connectivity index (χ2n) is 6.71. The summed E-state index contributed by atoms with van der Waals surface area (Å²) in [6.45, 7) is -0.841. The van der Waals surface area contributed by atoms with E-state index in [2.05, 4.69) is 20.6 Å². The Labute approximate surface area is 189 Å². The van der Waals surface area contributed by atoms with Crippen LogP contribution in [0.2, 0.25) is 5.02 Å². The highest BCUT2D eigenvalue weighted by Crippen LogP contribution is 2.25. The summed E-state index contributed by atoms with van der Waals surface area (Å²) in [5.41, 5.74) is 0.263. The summed E-state index contributed by atoms with van der Waals surface area (Å²) in [7, 11) is 0. The lowest BCUT2D eigenvalue weighted by Gasteiger charge is -2.29. The van der Waals surface area contributed by atoms with Crippen LogP contribution in [-0.4, -0.2) is 53.9 Å². The van der Waals surface area contributed by atoms with Gasteiger partial charge in [0.15, 0.2) is 18.9 Å². The van der Waals surface area contributed by atoms with Crippen molar-refractivity contribution in [1.82, 2.24) is 20.6 Å². The van der Waals surface area contributed by atoms with Gasteiger partial charge in [-0.3, -0.25) is 9.59 Å². The molecule has 0 saturated carbocycles. The quantitative estimate of drug-likeness (QED) is 0.567. The van der Waals surface area contributed by atoms with Crippen molar-refractivity contribution in [2.75, 3.05) is 19.8 Å². The van der Waals surface area contributed by atoms with E-state index in [0.29, 0.717) is 0 Å². The van der Waals surface area contributed by atoms with Gasteiger partial charge < -0.3 is 24.8 Å². The Bertz CT molecular complexity index is 985. The summed E-state index contributed by atoms with van der Waals surface area (Å²) in [6.07, 6.45) is -4.56. The molecule has 2 atom stereocenters. The number of hydrogen-bond acceptors (Lipinski definition) is 7. The van der Waals surface area contributed by atoms with Gasteiger partial charge in [0, 0.05) is 30.6 Å². The Kier molecular flexibility index (Phi) is 8.00. The van der Waals surface area contributed by atoms with Crippen molar-refractivity contribution < 1.29 is 41.4 Å². The molecule has 0 aliphatic carbocycles. The highest BCUT2D eigenvalue weighted by Gasteiger charge is 2.34. The third-order valence-electron chi connectivity index (χ3n) is 4.20. The predicted molar refractivity (Wildman–Crippen MR) is 103 cm³/mol. The minimum Gasteiger partial charge on any atom is -0.484 e. The van der Waals surface area contributed by atoms with Crippen LogP contribution in [0.15, 0.2) is 30.6 Å². The molecule has 9 nitrogen and oxygen atoms in total. The zero-order valence-corrected chi connectivity index (χ0v) is 17.5. The molecule has 2 N–H and O–H groups in total. The average molecular weight is 493 g/mol. The van der Waals surface area contributed by atoms with Gasteiger partial charge in [-0.2, -0.15) is 13.2 Å². The summed E-state index contributed by atoms with van der Waals surface area (Å²) < 4.78 is 66.6. The lowest BCUT2D eigenvalue weighted by molar-refractivity contribution is -0.168. The van der Waals surface area contributed by atoms with Gasteiger partial charge in [0.2, 0.25) is 5.82 Å². The first-order valence-electron chi connectivity index (χ1n) is 9.38. The van der Waals surface area contributed by atoms with Gasteiger partial charge in [-0.25, -0.2) is 14.4 Å². The maximum absolute atomic E-state index is 13.4. The summed E-state index contributed by atoms with van der Waals surface area (Å²) in [5.74, 6) is -2.98. The number of halogens is 5. The van der Waals surface area contributed by atoms with Crippen molar-refractivity contribution in [3.05, 3.63) is 52.8 Å². The number of ether oxygens (including phenoxy) is 3. The van der Waals surface area contributed by atoms with E-state index in [9.17, 15) is 27.2 Å². The second-order valence-corrected chi connectivity index (χ2v) is 7.11. The van der Waals surface area contributed by atoms with Gasteiger partial charge in [-0.05, 0) is 12.1 Å². The van der Waals surface area contributed by atoms with Crippen LogP contribution in [-0.2, 0) is 31.8 Å². The minimum atomic E-state index is -4.65. The van der Waals surface area contributed by atoms with Crippen molar-refractivity contribution in [3.63, 3.8) is 0 Å². The number of amides is 2. The fourth-order valence-corrected chi connectivity index (χ4v) is 2.69. The first-order chi connectivity index (χ1) is 15.6. The molecule has 2 aromatic rings. The number of carbonyl (C=O) groups is 2. The van der Waals surface area contributed by atoms with Gasteiger partial charge in [0.25, 0.3) is 11.8 Å². The van der Waals surface area contributed by atoms with Crippen LogP contribution < -0.4 is 15.4 Å². The van der Waals surface area contributed by atoms with Gasteiger partial charge >= 0.3 is 6.18 Å². The molecular formula is C19H17ClF4N4O5. The van der Waals surface area contributed by atoms with Crippen LogP contribution in [0.5, 0.6) is 5.75 Å². The number of carbonyl (C=O) groups excluding carboxylic acids is 2. The molecule has 14 heteroatoms. The van der Waals surface area contributed by atoms with Crippen LogP contribution in [0.1, 0.15) is 11.4 Å². The molecule has 3 rings (SSSR count). The summed E-state index contributed by atoms with van der Waals surface area (Å²) in [5, 5.41) is 4.88. The monoisotopic (exact) mass is 492 g/mol. The normalized spacial score (nSPS) is 18.5. The third kappa shape index (κ3) is 7.23. The molecule has 2 amide bonds. The van der Waals surface area contributed by atoms with Gasteiger partial charge in [-0.1, -0.05) is 11.6 Å². The SMILES string of the molecule is O=C(COc1ccc(Cl)c(F)c1)N[C@H]1CO[C@H](C(=O)NCc2cnc(C(F)(F)F)nc2)CO1. The molecule has 33 heavy (non-hydrogen) atoms. The number of hydrogen-bond donors (Lipinski definition) is 2.